The van der Waals surface area contributed by atoms with Crippen molar-refractivity contribution >= 4 is 35.6 Å². The van der Waals surface area contributed by atoms with Crippen LogP contribution in [0.5, 0.6) is 0 Å². The topological polar surface area (TPSA) is 95.0 Å². The number of carbonyl (C=O) groups excluding carboxylic acids is 3. The van der Waals surface area contributed by atoms with Gasteiger partial charge in [0, 0.05) is 44.0 Å². The third-order valence-corrected chi connectivity index (χ3v) is 5.67. The van der Waals surface area contributed by atoms with Crippen LogP contribution >= 0.6 is 0 Å². The molecule has 1 aromatic rings. The van der Waals surface area contributed by atoms with Gasteiger partial charge >= 0.3 is 0 Å². The van der Waals surface area contributed by atoms with Gasteiger partial charge in [-0.2, -0.15) is 0 Å². The molecular weight excluding hydrogens is 418 g/mol. The van der Waals surface area contributed by atoms with Crippen LogP contribution in [0, 0.1) is 0 Å². The highest BCUT2D eigenvalue weighted by molar-refractivity contribution is 6.09. The molecule has 3 rings (SSSR count). The van der Waals surface area contributed by atoms with Gasteiger partial charge in [-0.25, -0.2) is 0 Å². The predicted molar refractivity (Wildman–Crippen MR) is 130 cm³/mol. The summed E-state index contributed by atoms with van der Waals surface area (Å²) in [7, 11) is 3.46. The molecule has 1 saturated carbocycles. The summed E-state index contributed by atoms with van der Waals surface area (Å²) in [5.74, 6) is -0.452. The molecule has 8 heteroatoms. The van der Waals surface area contributed by atoms with Gasteiger partial charge in [0.15, 0.2) is 0 Å². The van der Waals surface area contributed by atoms with Crippen LogP contribution in [-0.4, -0.2) is 72.3 Å². The van der Waals surface area contributed by atoms with Gasteiger partial charge in [-0.1, -0.05) is 18.2 Å². The van der Waals surface area contributed by atoms with Crippen molar-refractivity contribution in [2.24, 2.45) is 4.99 Å². The number of nitrogens with one attached hydrogen (secondary N) is 1. The van der Waals surface area contributed by atoms with E-state index in [-0.39, 0.29) is 24.4 Å². The Morgan fingerprint density at radius 1 is 1.33 bits per heavy atom. The van der Waals surface area contributed by atoms with Crippen molar-refractivity contribution in [3.8, 4) is 0 Å². The van der Waals surface area contributed by atoms with Crippen LogP contribution in [0.3, 0.4) is 0 Å². The zero-order valence-electron chi connectivity index (χ0n) is 19.5. The molecule has 1 aliphatic carbocycles. The fraction of sp³-hybridized carbons (Fsp3) is 0.400. The van der Waals surface area contributed by atoms with Crippen LogP contribution in [-0.2, 0) is 14.4 Å². The number of anilines is 1. The maximum Gasteiger partial charge on any atom is 0.270 e. The second kappa shape index (κ2) is 11.4. The summed E-state index contributed by atoms with van der Waals surface area (Å²) in [5, 5.41) is 2.84. The molecule has 0 atom stereocenters. The smallest absolute Gasteiger partial charge is 0.270 e. The molecule has 33 heavy (non-hydrogen) atoms. The van der Waals surface area contributed by atoms with Gasteiger partial charge < -0.3 is 15.1 Å². The molecule has 0 radical (unpaired) electrons. The first-order valence-electron chi connectivity index (χ1n) is 11.2. The van der Waals surface area contributed by atoms with Gasteiger partial charge in [0.05, 0.1) is 24.1 Å². The van der Waals surface area contributed by atoms with Gasteiger partial charge in [-0.15, -0.1) is 0 Å². The fourth-order valence-electron chi connectivity index (χ4n) is 3.78. The highest BCUT2D eigenvalue weighted by Gasteiger charge is 2.35. The number of aldehydes is 1. The molecule has 2 heterocycles. The van der Waals surface area contributed by atoms with Crippen molar-refractivity contribution in [3.63, 3.8) is 0 Å². The van der Waals surface area contributed by atoms with E-state index in [0.717, 1.165) is 36.8 Å². The number of carbonyl (C=O) groups is 3. The normalized spacial score (nSPS) is 17.1. The van der Waals surface area contributed by atoms with Gasteiger partial charge in [0.1, 0.15) is 12.0 Å². The van der Waals surface area contributed by atoms with Crippen molar-refractivity contribution in [2.75, 3.05) is 32.5 Å². The predicted octanol–water partition coefficient (Wildman–Crippen LogP) is 2.85. The summed E-state index contributed by atoms with van der Waals surface area (Å²) in [6.45, 7) is 2.48. The molecule has 0 spiro atoms. The third kappa shape index (κ3) is 6.25. The minimum absolute atomic E-state index is 0.00634. The van der Waals surface area contributed by atoms with Crippen LogP contribution in [0.1, 0.15) is 38.3 Å². The summed E-state index contributed by atoms with van der Waals surface area (Å²) in [6, 6.07) is 3.82. The van der Waals surface area contributed by atoms with E-state index in [2.05, 4.69) is 15.3 Å². The van der Waals surface area contributed by atoms with E-state index in [1.54, 1.807) is 42.4 Å². The van der Waals surface area contributed by atoms with Gasteiger partial charge in [-0.3, -0.25) is 24.4 Å². The zero-order chi connectivity index (χ0) is 23.8. The SMILES string of the molecule is C/C=C/C=C(\C=N/C)c1ccc(NC(=O)CN2CCCC(C=O)=C2C(=O)N(C)C2CC2)cn1. The monoisotopic (exact) mass is 449 g/mol. The molecule has 2 amide bonds. The summed E-state index contributed by atoms with van der Waals surface area (Å²) in [4.78, 5) is 49.3. The molecule has 8 nitrogen and oxygen atoms in total. The number of rotatable bonds is 9. The van der Waals surface area contributed by atoms with E-state index in [9.17, 15) is 14.4 Å². The summed E-state index contributed by atoms with van der Waals surface area (Å²) >= 11 is 0. The quantitative estimate of drug-likeness (QED) is 0.355. The number of aromatic nitrogens is 1. The van der Waals surface area contributed by atoms with Crippen molar-refractivity contribution in [2.45, 2.75) is 38.6 Å². The lowest BCUT2D eigenvalue weighted by Crippen LogP contribution is -2.43. The Hall–Kier alpha value is -3.55. The summed E-state index contributed by atoms with van der Waals surface area (Å²) in [5.41, 5.74) is 2.98. The Balaban J connectivity index is 1.70. The summed E-state index contributed by atoms with van der Waals surface area (Å²) < 4.78 is 0. The van der Waals surface area contributed by atoms with E-state index in [1.807, 2.05) is 31.2 Å². The number of aliphatic imine (C=N–C) groups is 1. The molecular formula is C25H31N5O3. The maximum atomic E-state index is 13.0. The molecule has 1 aliphatic heterocycles. The van der Waals surface area contributed by atoms with Crippen LogP contribution in [0.15, 0.2) is 52.8 Å². The maximum absolute atomic E-state index is 13.0. The van der Waals surface area contributed by atoms with Crippen LogP contribution < -0.4 is 5.32 Å². The lowest BCUT2D eigenvalue weighted by molar-refractivity contribution is -0.129. The highest BCUT2D eigenvalue weighted by atomic mass is 16.2. The molecule has 1 fully saturated rings. The molecule has 0 saturated heterocycles. The first-order valence-corrected chi connectivity index (χ1v) is 11.2. The Bertz CT molecular complexity index is 1000. The number of hydrogen-bond donors (Lipinski definition) is 1. The van der Waals surface area contributed by atoms with E-state index in [1.165, 1.54) is 0 Å². The minimum atomic E-state index is -0.268. The number of hydrogen-bond acceptors (Lipinski definition) is 6. The Morgan fingerprint density at radius 3 is 2.73 bits per heavy atom. The highest BCUT2D eigenvalue weighted by Crippen LogP contribution is 2.29. The Kier molecular flexibility index (Phi) is 8.29. The minimum Gasteiger partial charge on any atom is -0.357 e. The second-order valence-corrected chi connectivity index (χ2v) is 8.18. The van der Waals surface area contributed by atoms with Gasteiger partial charge in [0.2, 0.25) is 5.91 Å². The standard InChI is InChI=1S/C25H31N5O3/c1-4-5-7-18(14-26-2)22-12-9-20(15-27-22)28-23(32)16-30-13-6-8-19(17-31)24(30)25(33)29(3)21-10-11-21/h4-5,7,9,12,14-15,17,21H,6,8,10-11,13,16H2,1-3H3,(H,28,32)/b5-4+,18-7+,26-14-. The number of nitrogens with zero attached hydrogens (tertiary/aromatic N) is 4. The van der Waals surface area contributed by atoms with Crippen molar-refractivity contribution in [1.29, 1.82) is 0 Å². The molecule has 2 aliphatic rings. The Morgan fingerprint density at radius 2 is 2.12 bits per heavy atom. The number of allylic oxidation sites excluding steroid dienone is 5. The summed E-state index contributed by atoms with van der Waals surface area (Å²) in [6.07, 6.45) is 13.0. The molecule has 0 aromatic carbocycles. The van der Waals surface area contributed by atoms with Gasteiger partial charge in [-0.05, 0) is 44.7 Å². The average molecular weight is 450 g/mol. The lowest BCUT2D eigenvalue weighted by Gasteiger charge is -2.33. The molecule has 1 N–H and O–H groups in total. The van der Waals surface area contributed by atoms with Crippen LogP contribution in [0.2, 0.25) is 0 Å². The van der Waals surface area contributed by atoms with Crippen molar-refractivity contribution in [1.82, 2.24) is 14.8 Å². The zero-order valence-corrected chi connectivity index (χ0v) is 19.5. The average Bonchev–Trinajstić information content (AvgIpc) is 3.67. The van der Waals surface area contributed by atoms with E-state index >= 15 is 0 Å². The Labute approximate surface area is 194 Å². The van der Waals surface area contributed by atoms with Crippen molar-refractivity contribution < 1.29 is 14.4 Å². The first kappa shape index (κ1) is 24.1. The van der Waals surface area contributed by atoms with E-state index < -0.39 is 0 Å². The largest absolute Gasteiger partial charge is 0.357 e. The molecule has 174 valence electrons. The van der Waals surface area contributed by atoms with E-state index in [0.29, 0.717) is 29.9 Å². The van der Waals surface area contributed by atoms with Crippen molar-refractivity contribution in [3.05, 3.63) is 53.5 Å². The van der Waals surface area contributed by atoms with E-state index in [4.69, 9.17) is 0 Å². The molecule has 0 bridgehead atoms. The van der Waals surface area contributed by atoms with Crippen LogP contribution in [0.4, 0.5) is 5.69 Å². The molecule has 1 aromatic heterocycles. The van der Waals surface area contributed by atoms with Crippen LogP contribution in [0.25, 0.3) is 5.57 Å². The number of amides is 2. The second-order valence-electron chi connectivity index (χ2n) is 8.18. The van der Waals surface area contributed by atoms with Gasteiger partial charge in [0.25, 0.3) is 5.91 Å². The number of pyridine rings is 1. The number of likely N-dealkylation sites (N-methyl/N-ethyl adjacent to an activating group) is 1. The molecule has 0 unspecified atom stereocenters. The fourth-order valence-corrected chi connectivity index (χ4v) is 3.78. The third-order valence-electron chi connectivity index (χ3n) is 5.67. The lowest BCUT2D eigenvalue weighted by atomic mass is 10.0. The first-order chi connectivity index (χ1) is 16.0.